The Morgan fingerprint density at radius 3 is 2.11 bits per heavy atom. The molecule has 0 aliphatic carbocycles. The van der Waals surface area contributed by atoms with Crippen LogP contribution >= 0.6 is 0 Å². The lowest BCUT2D eigenvalue weighted by atomic mass is 10.00. The number of amides is 2. The fraction of sp³-hybridized carbons (Fsp3) is 0.917. The second kappa shape index (κ2) is 4.97. The van der Waals surface area contributed by atoms with Gasteiger partial charge < -0.3 is 9.80 Å². The number of carbonyl (C=O) groups is 1. The molecule has 1 atom stereocenters. The van der Waals surface area contributed by atoms with E-state index in [1.165, 1.54) is 4.90 Å². The van der Waals surface area contributed by atoms with Crippen molar-refractivity contribution in [3.8, 4) is 0 Å². The molecule has 2 aliphatic heterocycles. The summed E-state index contributed by atoms with van der Waals surface area (Å²) in [5, 5.41) is 0. The van der Waals surface area contributed by atoms with Crippen LogP contribution in [-0.2, 0) is 0 Å². The van der Waals surface area contributed by atoms with Crippen molar-refractivity contribution in [2.45, 2.75) is 32.4 Å². The minimum Gasteiger partial charge on any atom is -0.325 e. The molecule has 2 fully saturated rings. The van der Waals surface area contributed by atoms with E-state index in [1.807, 2.05) is 0 Å². The third kappa shape index (κ3) is 2.90. The van der Waals surface area contributed by atoms with Gasteiger partial charge in [-0.15, -0.1) is 0 Å². The molecule has 2 saturated heterocycles. The first kappa shape index (κ1) is 13.5. The highest BCUT2D eigenvalue weighted by Crippen LogP contribution is 2.34. The number of nitrogens with zero attached hydrogens (tertiary/aromatic N) is 2. The number of piperidine rings is 1. The quantitative estimate of drug-likeness (QED) is 0.660. The monoisotopic (exact) mass is 264 g/mol. The first-order valence-corrected chi connectivity index (χ1v) is 6.48. The highest BCUT2D eigenvalue weighted by molar-refractivity contribution is 5.74. The second-order valence-corrected chi connectivity index (χ2v) is 5.43. The summed E-state index contributed by atoms with van der Waals surface area (Å²) in [6, 6.07) is -0.214. The summed E-state index contributed by atoms with van der Waals surface area (Å²) < 4.78 is 37.6. The van der Waals surface area contributed by atoms with Gasteiger partial charge in [0.2, 0.25) is 0 Å². The maximum atomic E-state index is 12.5. The van der Waals surface area contributed by atoms with E-state index in [2.05, 4.69) is 6.92 Å². The topological polar surface area (TPSA) is 23.6 Å². The van der Waals surface area contributed by atoms with Crippen LogP contribution in [0.3, 0.4) is 0 Å². The molecule has 0 aromatic rings. The zero-order valence-corrected chi connectivity index (χ0v) is 10.5. The van der Waals surface area contributed by atoms with Crippen LogP contribution in [0.25, 0.3) is 0 Å². The van der Waals surface area contributed by atoms with Gasteiger partial charge in [-0.3, -0.25) is 0 Å². The Kier molecular flexibility index (Phi) is 3.73. The number of urea groups is 1. The zero-order valence-electron chi connectivity index (χ0n) is 10.5. The normalized spacial score (nSPS) is 26.8. The molecule has 0 aromatic carbocycles. The summed E-state index contributed by atoms with van der Waals surface area (Å²) in [7, 11) is 0. The lowest BCUT2D eigenvalue weighted by molar-refractivity contribution is -0.170. The van der Waals surface area contributed by atoms with Crippen LogP contribution in [0.4, 0.5) is 18.0 Å². The van der Waals surface area contributed by atoms with E-state index < -0.39 is 12.1 Å². The lowest BCUT2D eigenvalue weighted by Gasteiger charge is -2.33. The SMILES string of the molecule is CC1CCN(C(=O)N2CCC(C(F)(F)F)C2)CC1. The van der Waals surface area contributed by atoms with Crippen LogP contribution in [0.2, 0.25) is 0 Å². The standard InChI is InChI=1S/C12H19F3N2O/c1-9-2-5-16(6-3-9)11(18)17-7-4-10(8-17)12(13,14)15/h9-10H,2-8H2,1H3. The fourth-order valence-electron chi connectivity index (χ4n) is 2.60. The van der Waals surface area contributed by atoms with E-state index in [0.717, 1.165) is 12.8 Å². The maximum absolute atomic E-state index is 12.5. The number of hydrogen-bond acceptors (Lipinski definition) is 1. The largest absolute Gasteiger partial charge is 0.393 e. The van der Waals surface area contributed by atoms with E-state index in [4.69, 9.17) is 0 Å². The van der Waals surface area contributed by atoms with Crippen molar-refractivity contribution in [1.29, 1.82) is 0 Å². The van der Waals surface area contributed by atoms with E-state index in [9.17, 15) is 18.0 Å². The number of likely N-dealkylation sites (tertiary alicyclic amines) is 2. The number of alkyl halides is 3. The summed E-state index contributed by atoms with van der Waals surface area (Å²) in [5.74, 6) is -0.735. The molecule has 0 spiro atoms. The van der Waals surface area contributed by atoms with Gasteiger partial charge in [0.05, 0.1) is 5.92 Å². The van der Waals surface area contributed by atoms with E-state index in [-0.39, 0.29) is 25.5 Å². The molecular formula is C12H19F3N2O. The van der Waals surface area contributed by atoms with Crippen molar-refractivity contribution in [1.82, 2.24) is 9.80 Å². The van der Waals surface area contributed by atoms with Crippen LogP contribution in [0, 0.1) is 11.8 Å². The molecule has 0 saturated carbocycles. The number of halogens is 3. The van der Waals surface area contributed by atoms with Gasteiger partial charge in [-0.1, -0.05) is 6.92 Å². The fourth-order valence-corrected chi connectivity index (χ4v) is 2.60. The third-order valence-electron chi connectivity index (χ3n) is 3.98. The molecule has 2 amide bonds. The molecule has 0 N–H and O–H groups in total. The average molecular weight is 264 g/mol. The van der Waals surface area contributed by atoms with Crippen LogP contribution in [-0.4, -0.2) is 48.2 Å². The average Bonchev–Trinajstić information content (AvgIpc) is 2.78. The molecule has 6 heteroatoms. The Bertz CT molecular complexity index is 311. The lowest BCUT2D eigenvalue weighted by Crippen LogP contribution is -2.46. The Labute approximate surface area is 105 Å². The third-order valence-corrected chi connectivity index (χ3v) is 3.98. The number of carbonyl (C=O) groups excluding carboxylic acids is 1. The molecule has 2 aliphatic rings. The summed E-state index contributed by atoms with van der Waals surface area (Å²) >= 11 is 0. The van der Waals surface area contributed by atoms with Crippen molar-refractivity contribution in [2.24, 2.45) is 11.8 Å². The summed E-state index contributed by atoms with van der Waals surface area (Å²) in [5.41, 5.74) is 0. The van der Waals surface area contributed by atoms with Crippen LogP contribution in [0.15, 0.2) is 0 Å². The van der Waals surface area contributed by atoms with E-state index in [1.54, 1.807) is 4.90 Å². The maximum Gasteiger partial charge on any atom is 0.393 e. The molecule has 1 unspecified atom stereocenters. The highest BCUT2D eigenvalue weighted by atomic mass is 19.4. The minimum atomic E-state index is -4.18. The van der Waals surface area contributed by atoms with Crippen molar-refractivity contribution < 1.29 is 18.0 Å². The Balaban J connectivity index is 1.88. The Morgan fingerprint density at radius 1 is 1.06 bits per heavy atom. The Morgan fingerprint density at radius 2 is 1.61 bits per heavy atom. The van der Waals surface area contributed by atoms with Gasteiger partial charge >= 0.3 is 12.2 Å². The van der Waals surface area contributed by atoms with E-state index in [0.29, 0.717) is 19.0 Å². The first-order valence-electron chi connectivity index (χ1n) is 6.48. The summed E-state index contributed by atoms with van der Waals surface area (Å²) in [6.07, 6.45) is -2.24. The van der Waals surface area contributed by atoms with Gasteiger partial charge in [0.25, 0.3) is 0 Å². The van der Waals surface area contributed by atoms with Gasteiger partial charge in [-0.2, -0.15) is 13.2 Å². The smallest absolute Gasteiger partial charge is 0.325 e. The van der Waals surface area contributed by atoms with Crippen molar-refractivity contribution in [2.75, 3.05) is 26.2 Å². The van der Waals surface area contributed by atoms with Gasteiger partial charge in [0.1, 0.15) is 0 Å². The van der Waals surface area contributed by atoms with Gasteiger partial charge in [0.15, 0.2) is 0 Å². The molecule has 3 nitrogen and oxygen atoms in total. The summed E-state index contributed by atoms with van der Waals surface area (Å²) in [4.78, 5) is 15.1. The Hall–Kier alpha value is -0.940. The van der Waals surface area contributed by atoms with Gasteiger partial charge in [-0.05, 0) is 25.2 Å². The van der Waals surface area contributed by atoms with Gasteiger partial charge in [-0.25, -0.2) is 4.79 Å². The van der Waals surface area contributed by atoms with Crippen LogP contribution in [0.1, 0.15) is 26.2 Å². The minimum absolute atomic E-state index is 0.0412. The van der Waals surface area contributed by atoms with Crippen LogP contribution < -0.4 is 0 Å². The molecule has 0 radical (unpaired) electrons. The van der Waals surface area contributed by atoms with Crippen molar-refractivity contribution >= 4 is 6.03 Å². The molecule has 2 rings (SSSR count). The molecule has 18 heavy (non-hydrogen) atoms. The molecular weight excluding hydrogens is 245 g/mol. The molecule has 104 valence electrons. The van der Waals surface area contributed by atoms with Crippen LogP contribution in [0.5, 0.6) is 0 Å². The molecule has 0 aromatic heterocycles. The highest BCUT2D eigenvalue weighted by Gasteiger charge is 2.45. The van der Waals surface area contributed by atoms with Gasteiger partial charge in [0, 0.05) is 26.2 Å². The molecule has 0 bridgehead atoms. The zero-order chi connectivity index (χ0) is 13.3. The summed E-state index contributed by atoms with van der Waals surface area (Å²) in [6.45, 7) is 3.54. The number of rotatable bonds is 0. The predicted octanol–water partition coefficient (Wildman–Crippen LogP) is 2.72. The second-order valence-electron chi connectivity index (χ2n) is 5.43. The first-order chi connectivity index (χ1) is 8.38. The van der Waals surface area contributed by atoms with Crippen molar-refractivity contribution in [3.05, 3.63) is 0 Å². The van der Waals surface area contributed by atoms with Crippen molar-refractivity contribution in [3.63, 3.8) is 0 Å². The van der Waals surface area contributed by atoms with E-state index >= 15 is 0 Å². The number of hydrogen-bond donors (Lipinski definition) is 0. The molecule has 2 heterocycles. The predicted molar refractivity (Wildman–Crippen MR) is 61.1 cm³/mol.